The first kappa shape index (κ1) is 14.9. The van der Waals surface area contributed by atoms with Crippen molar-refractivity contribution in [1.29, 1.82) is 0 Å². The summed E-state index contributed by atoms with van der Waals surface area (Å²) in [4.78, 5) is 6.68. The fourth-order valence-corrected chi connectivity index (χ4v) is 2.02. The van der Waals surface area contributed by atoms with E-state index in [1.54, 1.807) is 6.07 Å². The molecule has 4 nitrogen and oxygen atoms in total. The molecule has 0 fully saturated rings. The Labute approximate surface area is 124 Å². The van der Waals surface area contributed by atoms with Crippen molar-refractivity contribution >= 4 is 33.5 Å². The van der Waals surface area contributed by atoms with Crippen molar-refractivity contribution in [2.24, 2.45) is 0 Å². The van der Waals surface area contributed by atoms with Crippen molar-refractivity contribution in [2.75, 3.05) is 5.73 Å². The molecule has 0 saturated carbocycles. The highest BCUT2D eigenvalue weighted by atomic mass is 79.9. The largest absolute Gasteiger partial charge is 0.437 e. The van der Waals surface area contributed by atoms with Crippen molar-refractivity contribution in [2.45, 2.75) is 6.18 Å². The van der Waals surface area contributed by atoms with E-state index < -0.39 is 17.8 Å². The van der Waals surface area contributed by atoms with E-state index in [0.717, 1.165) is 0 Å². The molecule has 0 unspecified atom stereocenters. The van der Waals surface area contributed by atoms with E-state index in [-0.39, 0.29) is 16.7 Å². The first-order chi connectivity index (χ1) is 9.25. The summed E-state index contributed by atoms with van der Waals surface area (Å²) in [5.74, 6) is -0.724. The smallest absolute Gasteiger partial charge is 0.433 e. The van der Waals surface area contributed by atoms with Crippen molar-refractivity contribution < 1.29 is 17.9 Å². The second-order valence-electron chi connectivity index (χ2n) is 3.62. The molecule has 0 spiro atoms. The Bertz CT molecular complexity index is 651. The minimum absolute atomic E-state index is 0.154. The van der Waals surface area contributed by atoms with Gasteiger partial charge >= 0.3 is 6.18 Å². The number of anilines is 1. The van der Waals surface area contributed by atoms with E-state index >= 15 is 0 Å². The Morgan fingerprint density at radius 1 is 1.20 bits per heavy atom. The van der Waals surface area contributed by atoms with Crippen LogP contribution >= 0.6 is 27.5 Å². The standard InChI is InChI=1S/C11H6BrClF3N3O/c12-5-1-2-7(6(13)3-5)20-9-4-8(11(14,15)16)18-10(17)19-9/h1-4H,(H2,17,18,19). The second kappa shape index (κ2) is 5.45. The van der Waals surface area contributed by atoms with Crippen LogP contribution in [0.5, 0.6) is 11.6 Å². The number of hydrogen-bond donors (Lipinski definition) is 1. The molecule has 106 valence electrons. The maximum absolute atomic E-state index is 12.6. The van der Waals surface area contributed by atoms with E-state index in [0.29, 0.717) is 10.5 Å². The molecular weight excluding hydrogens is 362 g/mol. The Kier molecular flexibility index (Phi) is 4.05. The number of nitrogens with two attached hydrogens (primary N) is 1. The van der Waals surface area contributed by atoms with Gasteiger partial charge in [0.05, 0.1) is 5.02 Å². The van der Waals surface area contributed by atoms with Crippen molar-refractivity contribution in [3.05, 3.63) is 39.5 Å². The molecule has 9 heteroatoms. The number of benzene rings is 1. The molecule has 0 aliphatic carbocycles. The summed E-state index contributed by atoms with van der Waals surface area (Å²) in [5, 5.41) is 0.213. The predicted molar refractivity (Wildman–Crippen MR) is 70.7 cm³/mol. The number of alkyl halides is 3. The number of nitrogen functional groups attached to an aromatic ring is 1. The van der Waals surface area contributed by atoms with Crippen molar-refractivity contribution in [3.8, 4) is 11.6 Å². The van der Waals surface area contributed by atoms with E-state index in [2.05, 4.69) is 25.9 Å². The van der Waals surface area contributed by atoms with E-state index in [4.69, 9.17) is 22.1 Å². The van der Waals surface area contributed by atoms with Gasteiger partial charge in [0.2, 0.25) is 11.8 Å². The third-order valence-electron chi connectivity index (χ3n) is 2.12. The van der Waals surface area contributed by atoms with Gasteiger partial charge < -0.3 is 10.5 Å². The Morgan fingerprint density at radius 3 is 2.50 bits per heavy atom. The number of hydrogen-bond acceptors (Lipinski definition) is 4. The van der Waals surface area contributed by atoms with Crippen LogP contribution in [0.15, 0.2) is 28.7 Å². The van der Waals surface area contributed by atoms with Gasteiger partial charge in [-0.05, 0) is 18.2 Å². The number of rotatable bonds is 2. The average Bonchev–Trinajstić information content (AvgIpc) is 2.31. The van der Waals surface area contributed by atoms with Crippen LogP contribution < -0.4 is 10.5 Å². The zero-order valence-corrected chi connectivity index (χ0v) is 11.9. The summed E-state index contributed by atoms with van der Waals surface area (Å²) < 4.78 is 43.7. The zero-order valence-electron chi connectivity index (χ0n) is 9.58. The lowest BCUT2D eigenvalue weighted by Crippen LogP contribution is -2.11. The lowest BCUT2D eigenvalue weighted by molar-refractivity contribution is -0.141. The second-order valence-corrected chi connectivity index (χ2v) is 4.95. The fourth-order valence-electron chi connectivity index (χ4n) is 1.31. The van der Waals surface area contributed by atoms with Crippen LogP contribution in [0, 0.1) is 0 Å². The van der Waals surface area contributed by atoms with Crippen molar-refractivity contribution in [1.82, 2.24) is 9.97 Å². The van der Waals surface area contributed by atoms with Gasteiger partial charge in [-0.3, -0.25) is 0 Å². The number of aromatic nitrogens is 2. The molecule has 2 aromatic rings. The first-order valence-corrected chi connectivity index (χ1v) is 6.27. The lowest BCUT2D eigenvalue weighted by Gasteiger charge is -2.10. The first-order valence-electron chi connectivity index (χ1n) is 5.10. The van der Waals surface area contributed by atoms with Crippen LogP contribution in [0.2, 0.25) is 5.02 Å². The van der Waals surface area contributed by atoms with Gasteiger partial charge in [0, 0.05) is 10.5 Å². The molecule has 20 heavy (non-hydrogen) atoms. The molecule has 1 aromatic carbocycles. The molecule has 0 saturated heterocycles. The summed E-state index contributed by atoms with van der Waals surface area (Å²) in [6, 6.07) is 5.29. The summed E-state index contributed by atoms with van der Waals surface area (Å²) in [6.45, 7) is 0. The SMILES string of the molecule is Nc1nc(Oc2ccc(Br)cc2Cl)cc(C(F)(F)F)n1. The highest BCUT2D eigenvalue weighted by Crippen LogP contribution is 2.34. The zero-order chi connectivity index (χ0) is 14.9. The summed E-state index contributed by atoms with van der Waals surface area (Å²) in [5.41, 5.74) is 4.04. The van der Waals surface area contributed by atoms with Crippen LogP contribution in [0.4, 0.5) is 19.1 Å². The van der Waals surface area contributed by atoms with E-state index in [9.17, 15) is 13.2 Å². The Morgan fingerprint density at radius 2 is 1.90 bits per heavy atom. The fraction of sp³-hybridized carbons (Fsp3) is 0.0909. The monoisotopic (exact) mass is 367 g/mol. The molecule has 0 bridgehead atoms. The number of halogens is 5. The van der Waals surface area contributed by atoms with E-state index in [1.807, 2.05) is 0 Å². The van der Waals surface area contributed by atoms with Gasteiger partial charge in [-0.25, -0.2) is 4.98 Å². The summed E-state index contributed by atoms with van der Waals surface area (Å²) in [7, 11) is 0. The number of ether oxygens (including phenoxy) is 1. The molecule has 0 atom stereocenters. The van der Waals surface area contributed by atoms with Crippen molar-refractivity contribution in [3.63, 3.8) is 0 Å². The Balaban J connectivity index is 2.36. The van der Waals surface area contributed by atoms with Crippen LogP contribution in [0.25, 0.3) is 0 Å². The van der Waals surface area contributed by atoms with Gasteiger partial charge in [0.15, 0.2) is 5.69 Å². The summed E-state index contributed by atoms with van der Waals surface area (Å²) in [6.07, 6.45) is -4.64. The average molecular weight is 369 g/mol. The molecular formula is C11H6BrClF3N3O. The normalized spacial score (nSPS) is 11.4. The molecule has 2 N–H and O–H groups in total. The molecule has 1 heterocycles. The quantitative estimate of drug-likeness (QED) is 0.859. The van der Waals surface area contributed by atoms with Gasteiger partial charge in [0.1, 0.15) is 5.75 Å². The van der Waals surface area contributed by atoms with Gasteiger partial charge in [-0.1, -0.05) is 27.5 Å². The maximum atomic E-state index is 12.6. The highest BCUT2D eigenvalue weighted by Gasteiger charge is 2.33. The molecule has 0 aliphatic heterocycles. The van der Waals surface area contributed by atoms with Gasteiger partial charge in [-0.15, -0.1) is 0 Å². The third-order valence-corrected chi connectivity index (χ3v) is 2.91. The molecule has 2 rings (SSSR count). The van der Waals surface area contributed by atoms with Gasteiger partial charge in [-0.2, -0.15) is 18.2 Å². The third kappa shape index (κ3) is 3.51. The molecule has 0 amide bonds. The number of nitrogens with zero attached hydrogens (tertiary/aromatic N) is 2. The minimum Gasteiger partial charge on any atom is -0.437 e. The molecule has 0 radical (unpaired) electrons. The Hall–Kier alpha value is -1.54. The maximum Gasteiger partial charge on any atom is 0.433 e. The van der Waals surface area contributed by atoms with Crippen LogP contribution in [0.3, 0.4) is 0 Å². The van der Waals surface area contributed by atoms with Gasteiger partial charge in [0.25, 0.3) is 0 Å². The van der Waals surface area contributed by atoms with Crippen LogP contribution in [0.1, 0.15) is 5.69 Å². The lowest BCUT2D eigenvalue weighted by atomic mass is 10.3. The minimum atomic E-state index is -4.64. The van der Waals surface area contributed by atoms with E-state index in [1.165, 1.54) is 12.1 Å². The topological polar surface area (TPSA) is 61.0 Å². The highest BCUT2D eigenvalue weighted by molar-refractivity contribution is 9.10. The summed E-state index contributed by atoms with van der Waals surface area (Å²) >= 11 is 9.09. The van der Waals surface area contributed by atoms with Crippen LogP contribution in [-0.4, -0.2) is 9.97 Å². The molecule has 0 aliphatic rings. The molecule has 1 aromatic heterocycles. The predicted octanol–water partition coefficient (Wildman–Crippen LogP) is 4.29. The van der Waals surface area contributed by atoms with Crippen LogP contribution in [-0.2, 0) is 6.18 Å².